The maximum atomic E-state index is 12.3. The third kappa shape index (κ3) is 4.94. The van der Waals surface area contributed by atoms with E-state index in [4.69, 9.17) is 10.5 Å². The van der Waals surface area contributed by atoms with Gasteiger partial charge in [-0.3, -0.25) is 0 Å². The van der Waals surface area contributed by atoms with Crippen molar-refractivity contribution in [2.45, 2.75) is 18.7 Å². The molecule has 1 rings (SSSR count). The number of benzene rings is 1. The van der Waals surface area contributed by atoms with Gasteiger partial charge in [0.05, 0.1) is 17.0 Å². The Labute approximate surface area is 119 Å². The molecule has 2 N–H and O–H groups in total. The summed E-state index contributed by atoms with van der Waals surface area (Å²) in [6.07, 6.45) is 0.418. The van der Waals surface area contributed by atoms with Crippen LogP contribution < -0.4 is 10.5 Å². The zero-order valence-corrected chi connectivity index (χ0v) is 12.5. The van der Waals surface area contributed by atoms with Gasteiger partial charge < -0.3 is 10.5 Å². The van der Waals surface area contributed by atoms with Crippen LogP contribution in [-0.4, -0.2) is 27.3 Å². The number of nitrogens with two attached hydrogens (primary N) is 1. The van der Waals surface area contributed by atoms with Crippen molar-refractivity contribution in [2.75, 3.05) is 18.9 Å². The molecule has 0 heterocycles. The fraction of sp³-hybridized carbons (Fsp3) is 0.429. The molecule has 4 nitrogen and oxygen atoms in total. The third-order valence-corrected chi connectivity index (χ3v) is 4.67. The molecule has 0 bridgehead atoms. The van der Waals surface area contributed by atoms with Crippen molar-refractivity contribution in [3.05, 3.63) is 36.2 Å². The topological polar surface area (TPSA) is 69.4 Å². The van der Waals surface area contributed by atoms with E-state index < -0.39 is 9.84 Å². The van der Waals surface area contributed by atoms with Gasteiger partial charge in [0.25, 0.3) is 0 Å². The van der Waals surface area contributed by atoms with Gasteiger partial charge in [-0.2, -0.15) is 0 Å². The van der Waals surface area contributed by atoms with E-state index in [1.165, 1.54) is 12.1 Å². The summed E-state index contributed by atoms with van der Waals surface area (Å²) >= 11 is 0. The molecule has 0 aliphatic heterocycles. The molecule has 0 saturated heterocycles. The van der Waals surface area contributed by atoms with Gasteiger partial charge in [0, 0.05) is 12.1 Å². The van der Waals surface area contributed by atoms with Crippen LogP contribution in [-0.2, 0) is 9.84 Å². The largest absolute Gasteiger partial charge is 0.489 e. The summed E-state index contributed by atoms with van der Waals surface area (Å²) < 4.78 is 41.6. The summed E-state index contributed by atoms with van der Waals surface area (Å²) in [5.41, 5.74) is 5.64. The smallest absolute Gasteiger partial charge is 0.178 e. The fourth-order valence-electron chi connectivity index (χ4n) is 1.59. The lowest BCUT2D eigenvalue weighted by Crippen LogP contribution is -2.12. The molecule has 1 aromatic rings. The van der Waals surface area contributed by atoms with Gasteiger partial charge in [-0.15, -0.1) is 0 Å². The fourth-order valence-corrected chi connectivity index (χ4v) is 3.21. The molecule has 112 valence electrons. The lowest BCUT2D eigenvalue weighted by atomic mass is 10.3. The average Bonchev–Trinajstić information content (AvgIpc) is 2.39. The van der Waals surface area contributed by atoms with Crippen LogP contribution in [0.25, 0.3) is 0 Å². The Hall–Kier alpha value is -1.40. The maximum Gasteiger partial charge on any atom is 0.178 e. The van der Waals surface area contributed by atoms with Crippen molar-refractivity contribution in [2.24, 2.45) is 11.7 Å². The van der Waals surface area contributed by atoms with Gasteiger partial charge in [0.1, 0.15) is 12.4 Å². The minimum absolute atomic E-state index is 0.0467. The highest BCUT2D eigenvalue weighted by Crippen LogP contribution is 2.19. The first-order valence-corrected chi connectivity index (χ1v) is 7.98. The number of halogens is 1. The number of ether oxygens (including phenoxy) is 1. The highest BCUT2D eigenvalue weighted by Gasteiger charge is 2.16. The number of rotatable bonds is 7. The molecule has 0 amide bonds. The molecular formula is C14H20FNO3S. The molecule has 20 heavy (non-hydrogen) atoms. The summed E-state index contributed by atoms with van der Waals surface area (Å²) in [4.78, 5) is 0.263. The molecular weight excluding hydrogens is 281 g/mol. The average molecular weight is 301 g/mol. The Bertz CT molecular complexity index is 550. The van der Waals surface area contributed by atoms with Crippen molar-refractivity contribution in [3.8, 4) is 5.75 Å². The predicted octanol–water partition coefficient (Wildman–Crippen LogP) is 2.31. The molecule has 0 atom stereocenters. The van der Waals surface area contributed by atoms with E-state index in [1.807, 2.05) is 13.8 Å². The van der Waals surface area contributed by atoms with Crippen LogP contribution in [0.2, 0.25) is 0 Å². The van der Waals surface area contributed by atoms with E-state index in [1.54, 1.807) is 12.1 Å². The minimum atomic E-state index is -3.26. The first kappa shape index (κ1) is 16.7. The van der Waals surface area contributed by atoms with Gasteiger partial charge in [-0.05, 0) is 30.2 Å². The van der Waals surface area contributed by atoms with Gasteiger partial charge in [-0.1, -0.05) is 13.8 Å². The monoisotopic (exact) mass is 301 g/mol. The third-order valence-electron chi connectivity index (χ3n) is 2.58. The highest BCUT2D eigenvalue weighted by atomic mass is 32.2. The van der Waals surface area contributed by atoms with E-state index in [0.29, 0.717) is 17.7 Å². The van der Waals surface area contributed by atoms with E-state index in [2.05, 4.69) is 0 Å². The van der Waals surface area contributed by atoms with Gasteiger partial charge in [0.15, 0.2) is 9.84 Å². The molecule has 0 spiro atoms. The molecule has 0 radical (unpaired) electrons. The number of sulfone groups is 1. The van der Waals surface area contributed by atoms with E-state index in [9.17, 15) is 12.8 Å². The van der Waals surface area contributed by atoms with Crippen LogP contribution in [0.3, 0.4) is 0 Å². The van der Waals surface area contributed by atoms with Gasteiger partial charge in [-0.25, -0.2) is 12.8 Å². The minimum Gasteiger partial charge on any atom is -0.489 e. The van der Waals surface area contributed by atoms with Crippen LogP contribution in [0.4, 0.5) is 4.39 Å². The summed E-state index contributed by atoms with van der Waals surface area (Å²) in [7, 11) is -3.26. The van der Waals surface area contributed by atoms with Crippen molar-refractivity contribution >= 4 is 9.84 Å². The Morgan fingerprint density at radius 1 is 1.35 bits per heavy atom. The molecule has 0 unspecified atom stereocenters. The molecule has 0 aromatic heterocycles. The second kappa shape index (κ2) is 7.40. The lowest BCUT2D eigenvalue weighted by molar-refractivity contribution is 0.347. The van der Waals surface area contributed by atoms with Crippen LogP contribution in [0.1, 0.15) is 13.8 Å². The van der Waals surface area contributed by atoms with Crippen LogP contribution in [0.15, 0.2) is 41.1 Å². The Kier molecular flexibility index (Phi) is 6.16. The second-order valence-electron chi connectivity index (χ2n) is 4.91. The SMILES string of the molecule is CC(C)CS(=O)(=O)c1ccc(OC/C(=C/F)CN)cc1. The lowest BCUT2D eigenvalue weighted by Gasteiger charge is -2.09. The standard InChI is InChI=1S/C14H20FNO3S/c1-11(2)10-20(17,18)14-5-3-13(4-6-14)19-9-12(7-15)8-16/h3-7,11H,8-10,16H2,1-2H3/b12-7+. The molecule has 0 aliphatic rings. The number of hydrogen-bond acceptors (Lipinski definition) is 4. The van der Waals surface area contributed by atoms with Crippen LogP contribution in [0, 0.1) is 5.92 Å². The van der Waals surface area contributed by atoms with Gasteiger partial charge in [0.2, 0.25) is 0 Å². The number of hydrogen-bond donors (Lipinski definition) is 1. The molecule has 0 saturated carbocycles. The molecule has 6 heteroatoms. The highest BCUT2D eigenvalue weighted by molar-refractivity contribution is 7.91. The summed E-state index contributed by atoms with van der Waals surface area (Å²) in [6, 6.07) is 6.10. The Balaban J connectivity index is 2.74. The van der Waals surface area contributed by atoms with Crippen LogP contribution >= 0.6 is 0 Å². The van der Waals surface area contributed by atoms with E-state index >= 15 is 0 Å². The van der Waals surface area contributed by atoms with E-state index in [-0.39, 0.29) is 29.7 Å². The summed E-state index contributed by atoms with van der Waals surface area (Å²) in [5.74, 6) is 0.647. The molecule has 0 aliphatic carbocycles. The normalized spacial score (nSPS) is 12.8. The van der Waals surface area contributed by atoms with Crippen molar-refractivity contribution in [1.82, 2.24) is 0 Å². The van der Waals surface area contributed by atoms with Crippen molar-refractivity contribution in [3.63, 3.8) is 0 Å². The Morgan fingerprint density at radius 3 is 2.40 bits per heavy atom. The predicted molar refractivity (Wildman–Crippen MR) is 77.1 cm³/mol. The van der Waals surface area contributed by atoms with Crippen LogP contribution in [0.5, 0.6) is 5.75 Å². The van der Waals surface area contributed by atoms with Crippen molar-refractivity contribution < 1.29 is 17.5 Å². The van der Waals surface area contributed by atoms with Gasteiger partial charge >= 0.3 is 0 Å². The molecule has 1 aromatic carbocycles. The van der Waals surface area contributed by atoms with E-state index in [0.717, 1.165) is 0 Å². The summed E-state index contributed by atoms with van der Waals surface area (Å²) in [6.45, 7) is 3.84. The zero-order valence-electron chi connectivity index (χ0n) is 11.7. The Morgan fingerprint density at radius 2 is 1.95 bits per heavy atom. The first-order chi connectivity index (χ1) is 9.39. The first-order valence-electron chi connectivity index (χ1n) is 6.33. The quantitative estimate of drug-likeness (QED) is 0.839. The second-order valence-corrected chi connectivity index (χ2v) is 6.94. The van der Waals surface area contributed by atoms with Crippen molar-refractivity contribution in [1.29, 1.82) is 0 Å². The summed E-state index contributed by atoms with van der Waals surface area (Å²) in [5, 5.41) is 0. The maximum absolute atomic E-state index is 12.3. The zero-order chi connectivity index (χ0) is 15.2. The molecule has 0 fully saturated rings.